The topological polar surface area (TPSA) is 66.5 Å². The molecule has 2 aromatic carbocycles. The molecule has 1 heterocycles. The Hall–Kier alpha value is -2.64. The quantitative estimate of drug-likeness (QED) is 0.630. The third kappa shape index (κ3) is 4.10. The summed E-state index contributed by atoms with van der Waals surface area (Å²) in [6.45, 7) is 4.36. The second-order valence-electron chi connectivity index (χ2n) is 6.23. The molecule has 0 unspecified atom stereocenters. The summed E-state index contributed by atoms with van der Waals surface area (Å²) in [6, 6.07) is 17.8. The van der Waals surface area contributed by atoms with Crippen molar-refractivity contribution in [1.82, 2.24) is 5.32 Å². The molecule has 0 saturated heterocycles. The number of benzene rings is 2. The van der Waals surface area contributed by atoms with Gasteiger partial charge in [-0.05, 0) is 48.6 Å². The van der Waals surface area contributed by atoms with Crippen LogP contribution >= 0.6 is 11.3 Å². The van der Waals surface area contributed by atoms with Crippen molar-refractivity contribution in [3.63, 3.8) is 0 Å². The zero-order valence-electron chi connectivity index (χ0n) is 15.8. The van der Waals surface area contributed by atoms with Crippen molar-refractivity contribution >= 4 is 33.0 Å². The Bertz CT molecular complexity index is 1060. The predicted octanol–water partition coefficient (Wildman–Crippen LogP) is 4.20. The molecule has 0 bridgehead atoms. The van der Waals surface area contributed by atoms with Crippen molar-refractivity contribution in [3.05, 3.63) is 82.0 Å². The van der Waals surface area contributed by atoms with Gasteiger partial charge >= 0.3 is 0 Å². The van der Waals surface area contributed by atoms with E-state index >= 15 is 0 Å². The standard InChI is InChI=1S/C21H22N2O3S2/c1-3-23(28(25,26)18-11-5-4-6-12-18)19-13-14-27-20(19)21(24)22-15-17-10-8-7-9-16(17)2/h4-14H,3,15H2,1-2H3,(H,22,24). The van der Waals surface area contributed by atoms with Crippen molar-refractivity contribution in [2.24, 2.45) is 0 Å². The first-order chi connectivity index (χ1) is 13.4. The fourth-order valence-electron chi connectivity index (χ4n) is 2.92. The molecule has 0 spiro atoms. The number of nitrogens with zero attached hydrogens (tertiary/aromatic N) is 1. The second kappa shape index (κ2) is 8.58. The van der Waals surface area contributed by atoms with Crippen LogP contribution in [0.5, 0.6) is 0 Å². The zero-order valence-corrected chi connectivity index (χ0v) is 17.4. The summed E-state index contributed by atoms with van der Waals surface area (Å²) in [5, 5.41) is 4.64. The number of anilines is 1. The van der Waals surface area contributed by atoms with Crippen molar-refractivity contribution in [3.8, 4) is 0 Å². The van der Waals surface area contributed by atoms with Crippen LogP contribution in [0, 0.1) is 6.92 Å². The Morgan fingerprint density at radius 3 is 2.39 bits per heavy atom. The maximum Gasteiger partial charge on any atom is 0.264 e. The van der Waals surface area contributed by atoms with Crippen LogP contribution in [0.15, 0.2) is 70.9 Å². The third-order valence-corrected chi connectivity index (χ3v) is 7.24. The van der Waals surface area contributed by atoms with E-state index in [0.717, 1.165) is 11.1 Å². The Kier molecular flexibility index (Phi) is 6.16. The number of aryl methyl sites for hydroxylation is 1. The van der Waals surface area contributed by atoms with Gasteiger partial charge in [0.15, 0.2) is 0 Å². The average Bonchev–Trinajstić information content (AvgIpc) is 3.17. The average molecular weight is 415 g/mol. The number of sulfonamides is 1. The van der Waals surface area contributed by atoms with E-state index in [0.29, 0.717) is 17.1 Å². The van der Waals surface area contributed by atoms with Crippen LogP contribution in [0.3, 0.4) is 0 Å². The summed E-state index contributed by atoms with van der Waals surface area (Å²) in [5.74, 6) is -0.282. The molecule has 1 amide bonds. The highest BCUT2D eigenvalue weighted by Crippen LogP contribution is 2.31. The first-order valence-corrected chi connectivity index (χ1v) is 11.2. The third-order valence-electron chi connectivity index (χ3n) is 4.44. The van der Waals surface area contributed by atoms with Gasteiger partial charge in [0.1, 0.15) is 4.88 Å². The molecule has 146 valence electrons. The van der Waals surface area contributed by atoms with Crippen LogP contribution in [0.2, 0.25) is 0 Å². The first-order valence-electron chi connectivity index (χ1n) is 8.93. The molecule has 0 aliphatic rings. The van der Waals surface area contributed by atoms with Gasteiger partial charge in [0.25, 0.3) is 15.9 Å². The number of carbonyl (C=O) groups is 1. The number of carbonyl (C=O) groups excluding carboxylic acids is 1. The summed E-state index contributed by atoms with van der Waals surface area (Å²) in [7, 11) is -3.74. The van der Waals surface area contributed by atoms with Gasteiger partial charge in [-0.15, -0.1) is 11.3 Å². The normalized spacial score (nSPS) is 11.2. The maximum absolute atomic E-state index is 13.1. The molecule has 0 aliphatic carbocycles. The Labute approximate surface area is 169 Å². The summed E-state index contributed by atoms with van der Waals surface area (Å²) in [5.41, 5.74) is 2.52. The molecule has 1 N–H and O–H groups in total. The SMILES string of the molecule is CCN(c1ccsc1C(=O)NCc1ccccc1C)S(=O)(=O)c1ccccc1. The highest BCUT2D eigenvalue weighted by Gasteiger charge is 2.28. The lowest BCUT2D eigenvalue weighted by molar-refractivity contribution is 0.0955. The van der Waals surface area contributed by atoms with Gasteiger partial charge in [0.05, 0.1) is 10.6 Å². The van der Waals surface area contributed by atoms with Gasteiger partial charge in [-0.3, -0.25) is 9.10 Å². The summed E-state index contributed by atoms with van der Waals surface area (Å²) in [6.07, 6.45) is 0. The van der Waals surface area contributed by atoms with Crippen molar-refractivity contribution in [2.75, 3.05) is 10.8 Å². The minimum Gasteiger partial charge on any atom is -0.347 e. The number of hydrogen-bond acceptors (Lipinski definition) is 4. The molecule has 0 aliphatic heterocycles. The van der Waals surface area contributed by atoms with E-state index in [1.807, 2.05) is 31.2 Å². The van der Waals surface area contributed by atoms with Crippen LogP contribution < -0.4 is 9.62 Å². The second-order valence-corrected chi connectivity index (χ2v) is 9.01. The lowest BCUT2D eigenvalue weighted by Crippen LogP contribution is -2.32. The zero-order chi connectivity index (χ0) is 20.1. The molecule has 3 rings (SSSR count). The van der Waals surface area contributed by atoms with Crippen LogP contribution in [0.4, 0.5) is 5.69 Å². The van der Waals surface area contributed by atoms with Crippen molar-refractivity contribution in [2.45, 2.75) is 25.3 Å². The molecule has 3 aromatic rings. The molecule has 0 saturated carbocycles. The van der Waals surface area contributed by atoms with E-state index < -0.39 is 10.0 Å². The van der Waals surface area contributed by atoms with Gasteiger partial charge < -0.3 is 5.32 Å². The molecular weight excluding hydrogens is 392 g/mol. The number of hydrogen-bond donors (Lipinski definition) is 1. The fourth-order valence-corrected chi connectivity index (χ4v) is 5.30. The largest absolute Gasteiger partial charge is 0.347 e. The van der Waals surface area contributed by atoms with Gasteiger partial charge in [-0.1, -0.05) is 42.5 Å². The summed E-state index contributed by atoms with van der Waals surface area (Å²) in [4.78, 5) is 13.4. The first kappa shape index (κ1) is 20.1. The minimum absolute atomic E-state index is 0.203. The van der Waals surface area contributed by atoms with E-state index in [-0.39, 0.29) is 17.3 Å². The van der Waals surface area contributed by atoms with Crippen LogP contribution in [0.25, 0.3) is 0 Å². The monoisotopic (exact) mass is 414 g/mol. The predicted molar refractivity (Wildman–Crippen MR) is 113 cm³/mol. The number of nitrogens with one attached hydrogen (secondary N) is 1. The van der Waals surface area contributed by atoms with Crippen LogP contribution in [0.1, 0.15) is 27.7 Å². The molecule has 7 heteroatoms. The van der Waals surface area contributed by atoms with Crippen molar-refractivity contribution < 1.29 is 13.2 Å². The molecule has 28 heavy (non-hydrogen) atoms. The highest BCUT2D eigenvalue weighted by molar-refractivity contribution is 7.92. The van der Waals surface area contributed by atoms with Gasteiger partial charge in [-0.2, -0.15) is 0 Å². The Balaban J connectivity index is 1.85. The highest BCUT2D eigenvalue weighted by atomic mass is 32.2. The fraction of sp³-hybridized carbons (Fsp3) is 0.190. The molecule has 0 atom stereocenters. The van der Waals surface area contributed by atoms with E-state index in [4.69, 9.17) is 0 Å². The molecule has 0 fully saturated rings. The van der Waals surface area contributed by atoms with E-state index in [1.165, 1.54) is 15.6 Å². The Morgan fingerprint density at radius 2 is 1.71 bits per heavy atom. The van der Waals surface area contributed by atoms with Gasteiger partial charge in [0, 0.05) is 13.1 Å². The number of amides is 1. The van der Waals surface area contributed by atoms with Crippen molar-refractivity contribution in [1.29, 1.82) is 0 Å². The lowest BCUT2D eigenvalue weighted by atomic mass is 10.1. The van der Waals surface area contributed by atoms with Gasteiger partial charge in [0.2, 0.25) is 0 Å². The van der Waals surface area contributed by atoms with E-state index in [9.17, 15) is 13.2 Å². The Morgan fingerprint density at radius 1 is 1.04 bits per heavy atom. The van der Waals surface area contributed by atoms with Gasteiger partial charge in [-0.25, -0.2) is 8.42 Å². The summed E-state index contributed by atoms with van der Waals surface area (Å²) >= 11 is 1.23. The molecule has 0 radical (unpaired) electrons. The molecular formula is C21H22N2O3S2. The maximum atomic E-state index is 13.1. The summed E-state index contributed by atoms with van der Waals surface area (Å²) < 4.78 is 27.4. The minimum atomic E-state index is -3.74. The molecule has 1 aromatic heterocycles. The number of rotatable bonds is 7. The number of thiophene rings is 1. The van der Waals surface area contributed by atoms with Crippen LogP contribution in [-0.2, 0) is 16.6 Å². The lowest BCUT2D eigenvalue weighted by Gasteiger charge is -2.23. The van der Waals surface area contributed by atoms with E-state index in [2.05, 4.69) is 5.32 Å². The smallest absolute Gasteiger partial charge is 0.264 e. The van der Waals surface area contributed by atoms with E-state index in [1.54, 1.807) is 48.7 Å². The van der Waals surface area contributed by atoms with Crippen LogP contribution in [-0.4, -0.2) is 20.9 Å². The molecule has 5 nitrogen and oxygen atoms in total.